The first-order chi connectivity index (χ1) is 12.1. The number of piperidine rings is 1. The van der Waals surface area contributed by atoms with Crippen molar-refractivity contribution in [2.75, 3.05) is 45.8 Å². The molecule has 2 heterocycles. The van der Waals surface area contributed by atoms with E-state index in [4.69, 9.17) is 0 Å². The first-order valence-corrected chi connectivity index (χ1v) is 9.92. The molecule has 4 nitrogen and oxygen atoms in total. The highest BCUT2D eigenvalue weighted by Gasteiger charge is 2.26. The minimum Gasteiger partial charge on any atom is -0.339 e. The molecule has 25 heavy (non-hydrogen) atoms. The predicted molar refractivity (Wildman–Crippen MR) is 103 cm³/mol. The molecule has 0 N–H and O–H groups in total. The Kier molecular flexibility index (Phi) is 6.49. The summed E-state index contributed by atoms with van der Waals surface area (Å²) < 4.78 is 0. The van der Waals surface area contributed by atoms with Crippen molar-refractivity contribution in [2.45, 2.75) is 45.1 Å². The Bertz CT molecular complexity index is 539. The maximum atomic E-state index is 12.6. The first-order valence-electron chi connectivity index (χ1n) is 9.92. The van der Waals surface area contributed by atoms with E-state index in [1.54, 1.807) is 0 Å². The molecule has 0 unspecified atom stereocenters. The van der Waals surface area contributed by atoms with E-state index in [9.17, 15) is 4.79 Å². The summed E-state index contributed by atoms with van der Waals surface area (Å²) >= 11 is 0. The summed E-state index contributed by atoms with van der Waals surface area (Å²) in [5, 5.41) is 0. The topological polar surface area (TPSA) is 26.8 Å². The Morgan fingerprint density at radius 2 is 1.72 bits per heavy atom. The van der Waals surface area contributed by atoms with Gasteiger partial charge in [-0.25, -0.2) is 0 Å². The van der Waals surface area contributed by atoms with Gasteiger partial charge in [0.1, 0.15) is 0 Å². The normalized spacial score (nSPS) is 24.2. The molecular formula is C21H33N3O. The smallest absolute Gasteiger partial charge is 0.236 e. The largest absolute Gasteiger partial charge is 0.339 e. The number of benzene rings is 1. The van der Waals surface area contributed by atoms with Crippen LogP contribution in [-0.4, -0.2) is 72.5 Å². The van der Waals surface area contributed by atoms with E-state index in [-0.39, 0.29) is 0 Å². The van der Waals surface area contributed by atoms with Crippen molar-refractivity contribution in [3.8, 4) is 0 Å². The standard InChI is InChI=1S/C21H33N3O/c1-18(20-9-4-3-5-10-20)16-22-12-14-23(15-13-22)17-21(25)24-11-7-6-8-19(24)2/h3-5,9-10,18-19H,6-8,11-17H2,1-2H3/t18-,19-/m1/s1. The maximum Gasteiger partial charge on any atom is 0.236 e. The molecule has 0 saturated carbocycles. The number of carbonyl (C=O) groups is 1. The number of piperazine rings is 1. The van der Waals surface area contributed by atoms with E-state index in [1.807, 2.05) is 0 Å². The molecule has 0 spiro atoms. The average molecular weight is 344 g/mol. The molecule has 0 aromatic heterocycles. The highest BCUT2D eigenvalue weighted by Crippen LogP contribution is 2.18. The fourth-order valence-electron chi connectivity index (χ4n) is 4.16. The molecule has 0 radical (unpaired) electrons. The van der Waals surface area contributed by atoms with Gasteiger partial charge in [0.2, 0.25) is 5.91 Å². The van der Waals surface area contributed by atoms with Gasteiger partial charge in [-0.3, -0.25) is 9.69 Å². The van der Waals surface area contributed by atoms with E-state index < -0.39 is 0 Å². The molecule has 1 aromatic rings. The monoisotopic (exact) mass is 343 g/mol. The Morgan fingerprint density at radius 1 is 1.04 bits per heavy atom. The SMILES string of the molecule is C[C@H](CN1CCN(CC(=O)N2CCCC[C@H]2C)CC1)c1ccccc1. The van der Waals surface area contributed by atoms with E-state index >= 15 is 0 Å². The highest BCUT2D eigenvalue weighted by molar-refractivity contribution is 5.78. The van der Waals surface area contributed by atoms with Gasteiger partial charge < -0.3 is 9.80 Å². The van der Waals surface area contributed by atoms with Crippen molar-refractivity contribution < 1.29 is 4.79 Å². The fourth-order valence-corrected chi connectivity index (χ4v) is 4.16. The van der Waals surface area contributed by atoms with E-state index in [1.165, 1.54) is 18.4 Å². The van der Waals surface area contributed by atoms with Crippen LogP contribution in [0.15, 0.2) is 30.3 Å². The molecule has 1 aromatic carbocycles. The Balaban J connectivity index is 1.42. The number of likely N-dealkylation sites (tertiary alicyclic amines) is 1. The molecule has 2 fully saturated rings. The van der Waals surface area contributed by atoms with Crippen LogP contribution in [-0.2, 0) is 4.79 Å². The van der Waals surface area contributed by atoms with Gasteiger partial charge in [0.15, 0.2) is 0 Å². The lowest BCUT2D eigenvalue weighted by Gasteiger charge is -2.38. The van der Waals surface area contributed by atoms with E-state index in [2.05, 4.69) is 58.9 Å². The molecule has 138 valence electrons. The summed E-state index contributed by atoms with van der Waals surface area (Å²) in [7, 11) is 0. The molecule has 4 heteroatoms. The van der Waals surface area contributed by atoms with Crippen LogP contribution in [0.5, 0.6) is 0 Å². The molecule has 3 rings (SSSR count). The van der Waals surface area contributed by atoms with Gasteiger partial charge in [-0.2, -0.15) is 0 Å². The van der Waals surface area contributed by atoms with Gasteiger partial charge in [0.05, 0.1) is 6.54 Å². The zero-order valence-electron chi connectivity index (χ0n) is 15.9. The predicted octanol–water partition coefficient (Wildman–Crippen LogP) is 2.81. The minimum absolute atomic E-state index is 0.332. The van der Waals surface area contributed by atoms with Crippen LogP contribution in [0.1, 0.15) is 44.6 Å². The second kappa shape index (κ2) is 8.81. The van der Waals surface area contributed by atoms with Crippen molar-refractivity contribution in [3.63, 3.8) is 0 Å². The van der Waals surface area contributed by atoms with Crippen molar-refractivity contribution in [1.82, 2.24) is 14.7 Å². The van der Waals surface area contributed by atoms with Gasteiger partial charge in [0.25, 0.3) is 0 Å². The summed E-state index contributed by atoms with van der Waals surface area (Å²) in [6.45, 7) is 11.3. The van der Waals surface area contributed by atoms with Gasteiger partial charge >= 0.3 is 0 Å². The molecule has 2 saturated heterocycles. The number of hydrogen-bond donors (Lipinski definition) is 0. The molecular weight excluding hydrogens is 310 g/mol. The summed E-state index contributed by atoms with van der Waals surface area (Å²) in [5.41, 5.74) is 1.42. The lowest BCUT2D eigenvalue weighted by atomic mass is 10.0. The van der Waals surface area contributed by atoms with Crippen molar-refractivity contribution in [3.05, 3.63) is 35.9 Å². The Hall–Kier alpha value is -1.39. The third-order valence-electron chi connectivity index (χ3n) is 5.85. The van der Waals surface area contributed by atoms with Crippen LogP contribution in [0.25, 0.3) is 0 Å². The van der Waals surface area contributed by atoms with Gasteiger partial charge in [-0.15, -0.1) is 0 Å². The van der Waals surface area contributed by atoms with Gasteiger partial charge in [0, 0.05) is 45.3 Å². The molecule has 2 atom stereocenters. The number of rotatable bonds is 5. The quantitative estimate of drug-likeness (QED) is 0.822. The zero-order valence-corrected chi connectivity index (χ0v) is 15.9. The van der Waals surface area contributed by atoms with Crippen LogP contribution in [0.3, 0.4) is 0 Å². The Labute approximate surface area is 152 Å². The second-order valence-corrected chi connectivity index (χ2v) is 7.82. The average Bonchev–Trinajstić information content (AvgIpc) is 2.64. The van der Waals surface area contributed by atoms with Gasteiger partial charge in [-0.1, -0.05) is 37.3 Å². The van der Waals surface area contributed by atoms with Crippen LogP contribution >= 0.6 is 0 Å². The number of carbonyl (C=O) groups excluding carboxylic acids is 1. The first kappa shape index (κ1) is 18.4. The second-order valence-electron chi connectivity index (χ2n) is 7.82. The van der Waals surface area contributed by atoms with Crippen molar-refractivity contribution in [1.29, 1.82) is 0 Å². The fraction of sp³-hybridized carbons (Fsp3) is 0.667. The summed E-state index contributed by atoms with van der Waals surface area (Å²) in [5.74, 6) is 0.891. The third kappa shape index (κ3) is 5.05. The van der Waals surface area contributed by atoms with Gasteiger partial charge in [-0.05, 0) is 37.7 Å². The van der Waals surface area contributed by atoms with Crippen LogP contribution in [0, 0.1) is 0 Å². The minimum atomic E-state index is 0.332. The lowest BCUT2D eigenvalue weighted by Crippen LogP contribution is -2.52. The lowest BCUT2D eigenvalue weighted by molar-refractivity contribution is -0.136. The van der Waals surface area contributed by atoms with Crippen LogP contribution in [0.4, 0.5) is 0 Å². The number of nitrogens with zero attached hydrogens (tertiary/aromatic N) is 3. The van der Waals surface area contributed by atoms with Crippen LogP contribution in [0.2, 0.25) is 0 Å². The van der Waals surface area contributed by atoms with Crippen molar-refractivity contribution >= 4 is 5.91 Å². The molecule has 0 bridgehead atoms. The van der Waals surface area contributed by atoms with E-state index in [0.717, 1.165) is 45.7 Å². The van der Waals surface area contributed by atoms with Crippen molar-refractivity contribution in [2.24, 2.45) is 0 Å². The van der Waals surface area contributed by atoms with E-state index in [0.29, 0.717) is 24.4 Å². The summed E-state index contributed by atoms with van der Waals surface area (Å²) in [4.78, 5) is 19.6. The zero-order chi connectivity index (χ0) is 17.6. The summed E-state index contributed by atoms with van der Waals surface area (Å²) in [6, 6.07) is 11.2. The molecule has 2 aliphatic rings. The Morgan fingerprint density at radius 3 is 2.40 bits per heavy atom. The molecule has 2 aliphatic heterocycles. The molecule has 1 amide bonds. The number of amides is 1. The van der Waals surface area contributed by atoms with Crippen LogP contribution < -0.4 is 0 Å². The third-order valence-corrected chi connectivity index (χ3v) is 5.85. The molecule has 0 aliphatic carbocycles. The highest BCUT2D eigenvalue weighted by atomic mass is 16.2. The number of hydrogen-bond acceptors (Lipinski definition) is 3. The maximum absolute atomic E-state index is 12.6. The summed E-state index contributed by atoms with van der Waals surface area (Å²) in [6.07, 6.45) is 3.60.